The van der Waals surface area contributed by atoms with Gasteiger partial charge in [0, 0.05) is 56.6 Å². The number of aromatic hydroxyl groups is 1. The highest BCUT2D eigenvalue weighted by atomic mass is 35.5. The monoisotopic (exact) mass is 642 g/mol. The fourth-order valence-corrected chi connectivity index (χ4v) is 6.10. The molecule has 0 aliphatic carbocycles. The number of carbonyl (C=O) groups excluding carboxylic acids is 2. The molecule has 3 aromatic heterocycles. The van der Waals surface area contributed by atoms with Crippen LogP contribution in [0, 0.1) is 11.6 Å². The molecule has 2 saturated heterocycles. The summed E-state index contributed by atoms with van der Waals surface area (Å²) >= 11 is 6.39. The lowest BCUT2D eigenvalue weighted by Crippen LogP contribution is -2.52. The Morgan fingerprint density at radius 2 is 1.93 bits per heavy atom. The van der Waals surface area contributed by atoms with Gasteiger partial charge in [0.1, 0.15) is 18.0 Å². The van der Waals surface area contributed by atoms with Crippen molar-refractivity contribution < 1.29 is 28.2 Å². The molecule has 13 nitrogen and oxygen atoms in total. The summed E-state index contributed by atoms with van der Waals surface area (Å²) in [7, 11) is 3.47. The molecular formula is C29H29ClF2N8O5. The summed E-state index contributed by atoms with van der Waals surface area (Å²) in [6, 6.07) is 2.51. The van der Waals surface area contributed by atoms with Gasteiger partial charge in [-0.25, -0.2) is 14.4 Å². The van der Waals surface area contributed by atoms with Crippen LogP contribution in [-0.2, 0) is 23.1 Å². The van der Waals surface area contributed by atoms with E-state index in [1.807, 2.05) is 0 Å². The maximum Gasteiger partial charge on any atom is 0.263 e. The Kier molecular flexibility index (Phi) is 7.71. The Balaban J connectivity index is 1.30. The third-order valence-electron chi connectivity index (χ3n) is 8.18. The van der Waals surface area contributed by atoms with Crippen molar-refractivity contribution in [3.8, 4) is 16.9 Å². The second kappa shape index (κ2) is 11.4. The number of halogens is 3. The summed E-state index contributed by atoms with van der Waals surface area (Å²) in [4.78, 5) is 51.3. The maximum atomic E-state index is 15.1. The van der Waals surface area contributed by atoms with E-state index in [9.17, 15) is 23.9 Å². The van der Waals surface area contributed by atoms with Crippen LogP contribution in [0.15, 0.2) is 35.6 Å². The molecule has 5 heterocycles. The summed E-state index contributed by atoms with van der Waals surface area (Å²) in [5.74, 6) is -5.65. The van der Waals surface area contributed by atoms with Crippen LogP contribution in [0.1, 0.15) is 16.8 Å². The quantitative estimate of drug-likeness (QED) is 0.286. The molecule has 4 N–H and O–H groups in total. The van der Waals surface area contributed by atoms with Crippen LogP contribution in [0.5, 0.6) is 5.75 Å². The summed E-state index contributed by atoms with van der Waals surface area (Å²) in [6.07, 6.45) is 4.72. The summed E-state index contributed by atoms with van der Waals surface area (Å²) in [5.41, 5.74) is 3.26. The maximum absolute atomic E-state index is 15.1. The molecule has 2 amide bonds. The molecule has 1 spiro atoms. The average Bonchev–Trinajstić information content (AvgIpc) is 3.56. The van der Waals surface area contributed by atoms with Crippen molar-refractivity contribution in [2.24, 2.45) is 12.8 Å². The molecule has 1 atom stereocenters. The molecule has 0 saturated carbocycles. The number of primary amides is 1. The van der Waals surface area contributed by atoms with Gasteiger partial charge in [-0.2, -0.15) is 4.39 Å². The van der Waals surface area contributed by atoms with Gasteiger partial charge in [0.15, 0.2) is 11.6 Å². The van der Waals surface area contributed by atoms with E-state index in [0.717, 1.165) is 30.1 Å². The molecule has 16 heteroatoms. The Morgan fingerprint density at radius 3 is 2.67 bits per heavy atom. The lowest BCUT2D eigenvalue weighted by Gasteiger charge is -2.38. The molecule has 0 radical (unpaired) electrons. The second-order valence-corrected chi connectivity index (χ2v) is 11.8. The Labute approximate surface area is 259 Å². The van der Waals surface area contributed by atoms with Crippen molar-refractivity contribution in [1.29, 1.82) is 0 Å². The first kappa shape index (κ1) is 30.4. The largest absolute Gasteiger partial charge is 0.504 e. The van der Waals surface area contributed by atoms with E-state index < -0.39 is 52.4 Å². The van der Waals surface area contributed by atoms with Crippen LogP contribution in [0.2, 0.25) is 5.02 Å². The fourth-order valence-electron chi connectivity index (χ4n) is 5.95. The van der Waals surface area contributed by atoms with Crippen molar-refractivity contribution in [3.63, 3.8) is 0 Å². The third kappa shape index (κ3) is 5.47. The van der Waals surface area contributed by atoms with Crippen LogP contribution in [0.3, 0.4) is 0 Å². The molecule has 45 heavy (non-hydrogen) atoms. The zero-order valence-corrected chi connectivity index (χ0v) is 25.1. The van der Waals surface area contributed by atoms with Crippen molar-refractivity contribution in [3.05, 3.63) is 63.4 Å². The van der Waals surface area contributed by atoms with E-state index >= 15 is 4.39 Å². The standard InChI is InChI=1S/C29H29ClF2N8O5/c1-37-5-6-45-29(12-37)3-4-39(13-29)20-8-19(18(30)9-34-20)36-21(41)11-40-10-17(22-27(40)35-14-38(2)28(22)44)15-7-16(26(33)43)25(42)24(32)23(15)31/h7-10,14,42H,3-6,11-13H2,1-2H3,(H2,33,43)(H,34,36,41). The molecule has 1 unspecified atom stereocenters. The van der Waals surface area contributed by atoms with Gasteiger partial charge in [0.2, 0.25) is 11.7 Å². The van der Waals surface area contributed by atoms with Gasteiger partial charge in [0.05, 0.1) is 46.4 Å². The number of hydrogen-bond acceptors (Lipinski definition) is 9. The zero-order chi connectivity index (χ0) is 32.2. The van der Waals surface area contributed by atoms with E-state index in [1.54, 1.807) is 6.07 Å². The van der Waals surface area contributed by atoms with Crippen molar-refractivity contribution >= 4 is 46.0 Å². The van der Waals surface area contributed by atoms with Crippen LogP contribution in [0.4, 0.5) is 20.3 Å². The zero-order valence-electron chi connectivity index (χ0n) is 24.3. The van der Waals surface area contributed by atoms with Gasteiger partial charge in [-0.3, -0.25) is 14.4 Å². The number of nitrogens with two attached hydrogens (primary N) is 1. The molecule has 236 valence electrons. The number of anilines is 2. The van der Waals surface area contributed by atoms with E-state index in [2.05, 4.69) is 32.1 Å². The number of morpholine rings is 1. The predicted octanol–water partition coefficient (Wildman–Crippen LogP) is 2.08. The molecule has 0 bridgehead atoms. The van der Waals surface area contributed by atoms with E-state index in [0.29, 0.717) is 31.2 Å². The molecule has 2 aliphatic rings. The number of rotatable bonds is 6. The number of benzene rings is 1. The number of phenols is 1. The van der Waals surface area contributed by atoms with Gasteiger partial charge in [-0.05, 0) is 19.5 Å². The van der Waals surface area contributed by atoms with Crippen LogP contribution < -0.4 is 21.5 Å². The number of hydrogen-bond donors (Lipinski definition) is 3. The summed E-state index contributed by atoms with van der Waals surface area (Å²) in [5, 5.41) is 12.7. The van der Waals surface area contributed by atoms with Gasteiger partial charge >= 0.3 is 0 Å². The number of pyridine rings is 1. The van der Waals surface area contributed by atoms with Crippen molar-refractivity contribution in [2.75, 3.05) is 50.1 Å². The van der Waals surface area contributed by atoms with Crippen LogP contribution in [0.25, 0.3) is 22.2 Å². The number of aryl methyl sites for hydroxylation is 1. The topological polar surface area (TPSA) is 161 Å². The predicted molar refractivity (Wildman–Crippen MR) is 161 cm³/mol. The highest BCUT2D eigenvalue weighted by Gasteiger charge is 2.42. The molecular weight excluding hydrogens is 614 g/mol. The number of nitrogens with zero attached hydrogens (tertiary/aromatic N) is 6. The molecule has 1 aromatic carbocycles. The number of amides is 2. The number of fused-ring (bicyclic) bond motifs is 1. The fraction of sp³-hybridized carbons (Fsp3) is 0.345. The number of aromatic nitrogens is 4. The van der Waals surface area contributed by atoms with Crippen LogP contribution >= 0.6 is 11.6 Å². The first-order valence-corrected chi connectivity index (χ1v) is 14.3. The smallest absolute Gasteiger partial charge is 0.263 e. The molecule has 6 rings (SSSR count). The van der Waals surface area contributed by atoms with Gasteiger partial charge in [-0.15, -0.1) is 0 Å². The van der Waals surface area contributed by atoms with Gasteiger partial charge in [0.25, 0.3) is 11.5 Å². The van der Waals surface area contributed by atoms with Crippen molar-refractivity contribution in [1.82, 2.24) is 24.0 Å². The minimum atomic E-state index is -1.71. The third-order valence-corrected chi connectivity index (χ3v) is 8.48. The normalized spacial score (nSPS) is 18.6. The number of nitrogens with one attached hydrogen (secondary N) is 1. The lowest BCUT2D eigenvalue weighted by molar-refractivity contribution is -0.116. The Hall–Kier alpha value is -4.60. The van der Waals surface area contributed by atoms with Crippen LogP contribution in [-0.4, -0.2) is 86.4 Å². The lowest BCUT2D eigenvalue weighted by atomic mass is 10.0. The summed E-state index contributed by atoms with van der Waals surface area (Å²) < 4.78 is 38.3. The molecule has 2 aliphatic heterocycles. The Bertz CT molecular complexity index is 1930. The van der Waals surface area contributed by atoms with Gasteiger partial charge < -0.3 is 39.8 Å². The highest BCUT2D eigenvalue weighted by molar-refractivity contribution is 6.33. The molecule has 4 aromatic rings. The minimum absolute atomic E-state index is 0.00177. The highest BCUT2D eigenvalue weighted by Crippen LogP contribution is 2.36. The molecule has 2 fully saturated rings. The second-order valence-electron chi connectivity index (χ2n) is 11.4. The number of ether oxygens (including phenoxy) is 1. The SMILES string of the molecule is CN1CCOC2(CCN(c3cc(NC(=O)Cn4cc(-c5cc(C(N)=O)c(O)c(F)c5F)c5c(=O)n(C)cnc54)c(Cl)cn3)C2)C1. The van der Waals surface area contributed by atoms with E-state index in [4.69, 9.17) is 22.1 Å². The van der Waals surface area contributed by atoms with E-state index in [-0.39, 0.29) is 27.2 Å². The summed E-state index contributed by atoms with van der Waals surface area (Å²) in [6.45, 7) is 3.26. The first-order valence-electron chi connectivity index (χ1n) is 14.0. The Morgan fingerprint density at radius 1 is 1.16 bits per heavy atom. The average molecular weight is 643 g/mol. The minimum Gasteiger partial charge on any atom is -0.504 e. The van der Waals surface area contributed by atoms with E-state index in [1.165, 1.54) is 30.3 Å². The number of likely N-dealkylation sites (N-methyl/N-ethyl adjacent to an activating group) is 1. The number of carbonyl (C=O) groups is 2. The van der Waals surface area contributed by atoms with Gasteiger partial charge in [-0.1, -0.05) is 11.6 Å². The first-order chi connectivity index (χ1) is 21.4. The van der Waals surface area contributed by atoms with Crippen molar-refractivity contribution in [2.45, 2.75) is 18.6 Å².